The largest absolute Gasteiger partial charge is 0.472 e. The number of halogens is 3. The van der Waals surface area contributed by atoms with Crippen molar-refractivity contribution < 1.29 is 18.0 Å². The van der Waals surface area contributed by atoms with Crippen LogP contribution in [-0.2, 0) is 4.84 Å². The molecule has 0 spiro atoms. The molecule has 3 nitrogen and oxygen atoms in total. The predicted molar refractivity (Wildman–Crippen MR) is 17.0 cm³/mol. The van der Waals surface area contributed by atoms with Crippen molar-refractivity contribution in [1.82, 2.24) is 10.6 Å². The van der Waals surface area contributed by atoms with Crippen molar-refractivity contribution in [2.24, 2.45) is 0 Å². The molecule has 0 aromatic carbocycles. The van der Waals surface area contributed by atoms with E-state index in [1.807, 2.05) is 0 Å². The fraction of sp³-hybridized carbons (Fsp3) is 1.00. The first-order valence-corrected chi connectivity index (χ1v) is 1.83. The Morgan fingerprint density at radius 1 is 1.50 bits per heavy atom. The standard InChI is InChI=1S/C2H3F3N2O/c3-2(4,5)6-7-1-8-7/h6H,1H2. The van der Waals surface area contributed by atoms with Crippen molar-refractivity contribution in [2.45, 2.75) is 6.30 Å². The summed E-state index contributed by atoms with van der Waals surface area (Å²) in [6.07, 6.45) is -4.36. The minimum atomic E-state index is -4.36. The number of hydrogen-bond acceptors (Lipinski definition) is 3. The normalized spacial score (nSPS) is 28.1. The van der Waals surface area contributed by atoms with Crippen LogP contribution in [0, 0.1) is 0 Å². The van der Waals surface area contributed by atoms with Gasteiger partial charge in [0.15, 0.2) is 6.73 Å². The fourth-order valence-electron chi connectivity index (χ4n) is 0.235. The smallest absolute Gasteiger partial charge is 0.262 e. The molecule has 0 radical (unpaired) electrons. The zero-order chi connectivity index (χ0) is 6.20. The molecule has 1 unspecified atom stereocenters. The van der Waals surface area contributed by atoms with Gasteiger partial charge in [-0.1, -0.05) is 5.17 Å². The lowest BCUT2D eigenvalue weighted by atomic mass is 11.2. The lowest BCUT2D eigenvalue weighted by Crippen LogP contribution is -2.35. The lowest BCUT2D eigenvalue weighted by molar-refractivity contribution is -0.199. The second-order valence-electron chi connectivity index (χ2n) is 1.25. The number of alkyl halides is 3. The molecule has 0 amide bonds. The van der Waals surface area contributed by atoms with E-state index in [2.05, 4.69) is 4.84 Å². The van der Waals surface area contributed by atoms with Crippen LogP contribution in [0.5, 0.6) is 0 Å². The molecular formula is C2H3F3N2O. The van der Waals surface area contributed by atoms with Crippen molar-refractivity contribution in [3.05, 3.63) is 0 Å². The molecule has 1 saturated heterocycles. The molecule has 0 saturated carbocycles. The molecule has 8 heavy (non-hydrogen) atoms. The summed E-state index contributed by atoms with van der Waals surface area (Å²) in [6.45, 7) is -0.000486. The first-order valence-electron chi connectivity index (χ1n) is 1.83. The van der Waals surface area contributed by atoms with Crippen molar-refractivity contribution in [3.8, 4) is 0 Å². The molecule has 0 aromatic rings. The molecule has 1 atom stereocenters. The summed E-state index contributed by atoms with van der Waals surface area (Å²) in [5, 5.41) is 0.583. The Balaban J connectivity index is 2.16. The second-order valence-corrected chi connectivity index (χ2v) is 1.25. The molecule has 48 valence electrons. The van der Waals surface area contributed by atoms with Gasteiger partial charge in [0.25, 0.3) is 0 Å². The summed E-state index contributed by atoms with van der Waals surface area (Å²) < 4.78 is 33.3. The van der Waals surface area contributed by atoms with E-state index >= 15 is 0 Å². The third-order valence-corrected chi connectivity index (χ3v) is 0.510. The Hall–Kier alpha value is -0.330. The van der Waals surface area contributed by atoms with Crippen LogP contribution in [0.25, 0.3) is 0 Å². The molecule has 1 fully saturated rings. The highest BCUT2D eigenvalue weighted by Crippen LogP contribution is 2.14. The Bertz CT molecular complexity index is 87.8. The average molecular weight is 128 g/mol. The molecule has 1 rings (SSSR count). The molecule has 6 heteroatoms. The molecule has 1 aliphatic heterocycles. The summed E-state index contributed by atoms with van der Waals surface area (Å²) in [5.41, 5.74) is 1.10. The second kappa shape index (κ2) is 1.57. The van der Waals surface area contributed by atoms with Gasteiger partial charge in [-0.15, -0.1) is 5.43 Å². The van der Waals surface area contributed by atoms with Crippen LogP contribution in [0.1, 0.15) is 0 Å². The molecule has 1 heterocycles. The minimum absolute atomic E-state index is 0.000486. The Labute approximate surface area is 42.9 Å². The van der Waals surface area contributed by atoms with Crippen LogP contribution < -0.4 is 5.43 Å². The Morgan fingerprint density at radius 2 is 2.00 bits per heavy atom. The van der Waals surface area contributed by atoms with E-state index < -0.39 is 6.30 Å². The SMILES string of the molecule is FC(F)(F)NN1CO1. The summed E-state index contributed by atoms with van der Waals surface area (Å²) in [6, 6.07) is 0. The zero-order valence-corrected chi connectivity index (χ0v) is 3.70. The third-order valence-electron chi connectivity index (χ3n) is 0.510. The molecule has 0 bridgehead atoms. The molecular weight excluding hydrogens is 125 g/mol. The van der Waals surface area contributed by atoms with Crippen LogP contribution in [0.15, 0.2) is 0 Å². The number of nitrogens with one attached hydrogen (secondary N) is 1. The van der Waals surface area contributed by atoms with Crippen molar-refractivity contribution >= 4 is 0 Å². The zero-order valence-electron chi connectivity index (χ0n) is 3.70. The molecule has 1 aliphatic rings. The van der Waals surface area contributed by atoms with Gasteiger partial charge < -0.3 is 0 Å². The van der Waals surface area contributed by atoms with E-state index in [1.165, 1.54) is 0 Å². The first-order chi connectivity index (χ1) is 3.58. The molecule has 1 N–H and O–H groups in total. The fourth-order valence-corrected chi connectivity index (χ4v) is 0.235. The van der Waals surface area contributed by atoms with Crippen LogP contribution >= 0.6 is 0 Å². The highest BCUT2D eigenvalue weighted by molar-refractivity contribution is 4.42. The van der Waals surface area contributed by atoms with Crippen molar-refractivity contribution in [1.29, 1.82) is 0 Å². The topological polar surface area (TPSA) is 27.6 Å². The van der Waals surface area contributed by atoms with Gasteiger partial charge in [0.1, 0.15) is 0 Å². The number of hydroxylamine groups is 1. The predicted octanol–water partition coefficient (Wildman–Crippen LogP) is 0.215. The summed E-state index contributed by atoms with van der Waals surface area (Å²) >= 11 is 0. The number of hydrogen-bond donors (Lipinski definition) is 1. The van der Waals surface area contributed by atoms with Crippen molar-refractivity contribution in [2.75, 3.05) is 6.73 Å². The van der Waals surface area contributed by atoms with Gasteiger partial charge in [0.2, 0.25) is 0 Å². The van der Waals surface area contributed by atoms with E-state index in [9.17, 15) is 13.2 Å². The van der Waals surface area contributed by atoms with E-state index in [-0.39, 0.29) is 6.73 Å². The summed E-state index contributed by atoms with van der Waals surface area (Å²) in [4.78, 5) is 4.09. The van der Waals surface area contributed by atoms with Gasteiger partial charge >= 0.3 is 6.30 Å². The van der Waals surface area contributed by atoms with E-state index in [0.29, 0.717) is 5.17 Å². The average Bonchev–Trinajstić information content (AvgIpc) is 2.12. The van der Waals surface area contributed by atoms with Crippen LogP contribution in [0.3, 0.4) is 0 Å². The van der Waals surface area contributed by atoms with Gasteiger partial charge in [0, 0.05) is 0 Å². The Kier molecular flexibility index (Phi) is 1.14. The number of nitrogens with zero attached hydrogens (tertiary/aromatic N) is 1. The van der Waals surface area contributed by atoms with Crippen LogP contribution in [0.2, 0.25) is 0 Å². The molecule has 0 aliphatic carbocycles. The summed E-state index contributed by atoms with van der Waals surface area (Å²) in [5.74, 6) is 0. The highest BCUT2D eigenvalue weighted by Gasteiger charge is 2.35. The van der Waals surface area contributed by atoms with E-state index in [1.54, 1.807) is 0 Å². The third kappa shape index (κ3) is 2.10. The van der Waals surface area contributed by atoms with Gasteiger partial charge in [-0.05, 0) is 0 Å². The lowest BCUT2D eigenvalue weighted by Gasteiger charge is -2.03. The summed E-state index contributed by atoms with van der Waals surface area (Å²) in [7, 11) is 0. The maximum Gasteiger partial charge on any atom is 0.472 e. The maximum atomic E-state index is 11.1. The monoisotopic (exact) mass is 128 g/mol. The highest BCUT2D eigenvalue weighted by atomic mass is 19.4. The Morgan fingerprint density at radius 3 is 2.12 bits per heavy atom. The number of hydrazine groups is 1. The van der Waals surface area contributed by atoms with Gasteiger partial charge in [0.05, 0.1) is 0 Å². The quantitative estimate of drug-likeness (QED) is 0.404. The molecule has 0 aromatic heterocycles. The maximum absolute atomic E-state index is 11.1. The van der Waals surface area contributed by atoms with Crippen molar-refractivity contribution in [3.63, 3.8) is 0 Å². The van der Waals surface area contributed by atoms with Gasteiger partial charge in [-0.25, -0.2) is 0 Å². The van der Waals surface area contributed by atoms with E-state index in [0.717, 1.165) is 5.43 Å². The van der Waals surface area contributed by atoms with E-state index in [4.69, 9.17) is 0 Å². The van der Waals surface area contributed by atoms with Gasteiger partial charge in [-0.2, -0.15) is 13.2 Å². The van der Waals surface area contributed by atoms with Crippen LogP contribution in [-0.4, -0.2) is 18.2 Å². The minimum Gasteiger partial charge on any atom is -0.262 e. The number of rotatable bonds is 1. The first kappa shape index (κ1) is 5.80. The van der Waals surface area contributed by atoms with Crippen LogP contribution in [0.4, 0.5) is 13.2 Å². The van der Waals surface area contributed by atoms with Gasteiger partial charge in [-0.3, -0.25) is 4.84 Å².